The van der Waals surface area contributed by atoms with Gasteiger partial charge in [-0.15, -0.1) is 12.4 Å². The summed E-state index contributed by atoms with van der Waals surface area (Å²) in [5, 5.41) is 14.4. The SMILES string of the molecule is CC(C)(C)c1cc(C=C2SCN(CCNCc3ccccc3)C2=O)cc(C(C)(C)C)c1O.Cl. The molecule has 33 heavy (non-hydrogen) atoms. The first-order valence-corrected chi connectivity index (χ1v) is 12.2. The number of nitrogens with one attached hydrogen (secondary N) is 1. The van der Waals surface area contributed by atoms with Crippen molar-refractivity contribution < 1.29 is 9.90 Å². The molecular weight excluding hydrogens is 452 g/mol. The van der Waals surface area contributed by atoms with E-state index in [-0.39, 0.29) is 29.1 Å². The van der Waals surface area contributed by atoms with Crippen LogP contribution in [0.25, 0.3) is 6.08 Å². The molecule has 2 aromatic carbocycles. The molecule has 0 unspecified atom stereocenters. The van der Waals surface area contributed by atoms with Gasteiger partial charge in [0.15, 0.2) is 0 Å². The molecule has 1 fully saturated rings. The van der Waals surface area contributed by atoms with Crippen molar-refractivity contribution in [3.8, 4) is 5.75 Å². The van der Waals surface area contributed by atoms with Gasteiger partial charge in [0.1, 0.15) is 5.75 Å². The molecule has 0 atom stereocenters. The second-order valence-electron chi connectivity index (χ2n) is 10.5. The Labute approximate surface area is 209 Å². The molecule has 3 rings (SSSR count). The summed E-state index contributed by atoms with van der Waals surface area (Å²) in [7, 11) is 0. The maximum absolute atomic E-state index is 13.0. The lowest BCUT2D eigenvalue weighted by atomic mass is 9.78. The van der Waals surface area contributed by atoms with Gasteiger partial charge >= 0.3 is 0 Å². The Bertz CT molecular complexity index is 956. The predicted octanol–water partition coefficient (Wildman–Crippen LogP) is 6.07. The lowest BCUT2D eigenvalue weighted by Crippen LogP contribution is -2.32. The summed E-state index contributed by atoms with van der Waals surface area (Å²) in [6, 6.07) is 14.3. The second kappa shape index (κ2) is 11.0. The molecule has 4 nitrogen and oxygen atoms in total. The van der Waals surface area contributed by atoms with Crippen molar-refractivity contribution in [2.24, 2.45) is 0 Å². The molecular formula is C27H37ClN2O2S. The number of nitrogens with zero attached hydrogens (tertiary/aromatic N) is 1. The van der Waals surface area contributed by atoms with E-state index >= 15 is 0 Å². The van der Waals surface area contributed by atoms with Crippen molar-refractivity contribution in [2.75, 3.05) is 19.0 Å². The van der Waals surface area contributed by atoms with E-state index in [2.05, 4.69) is 59.0 Å². The molecule has 180 valence electrons. The van der Waals surface area contributed by atoms with Gasteiger partial charge in [0, 0.05) is 30.8 Å². The zero-order valence-electron chi connectivity index (χ0n) is 20.6. The molecule has 0 aromatic heterocycles. The summed E-state index contributed by atoms with van der Waals surface area (Å²) in [6.07, 6.45) is 1.98. The lowest BCUT2D eigenvalue weighted by molar-refractivity contribution is -0.124. The van der Waals surface area contributed by atoms with Crippen LogP contribution >= 0.6 is 24.2 Å². The molecule has 0 saturated carbocycles. The highest BCUT2D eigenvalue weighted by Gasteiger charge is 2.29. The first-order valence-electron chi connectivity index (χ1n) is 11.2. The van der Waals surface area contributed by atoms with Crippen molar-refractivity contribution in [3.05, 3.63) is 69.6 Å². The smallest absolute Gasteiger partial charge is 0.261 e. The number of carbonyl (C=O) groups is 1. The Morgan fingerprint density at radius 2 is 1.61 bits per heavy atom. The Morgan fingerprint density at radius 1 is 1.03 bits per heavy atom. The van der Waals surface area contributed by atoms with Gasteiger partial charge in [-0.25, -0.2) is 0 Å². The van der Waals surface area contributed by atoms with Crippen LogP contribution in [0.4, 0.5) is 0 Å². The predicted molar refractivity (Wildman–Crippen MR) is 143 cm³/mol. The van der Waals surface area contributed by atoms with Crippen molar-refractivity contribution >= 4 is 36.2 Å². The molecule has 0 bridgehead atoms. The fourth-order valence-electron chi connectivity index (χ4n) is 3.77. The molecule has 0 spiro atoms. The van der Waals surface area contributed by atoms with Crippen LogP contribution in [0.1, 0.15) is 63.8 Å². The summed E-state index contributed by atoms with van der Waals surface area (Å²) < 4.78 is 0. The zero-order valence-corrected chi connectivity index (χ0v) is 22.2. The molecule has 1 aliphatic rings. The van der Waals surface area contributed by atoms with Gasteiger partial charge < -0.3 is 15.3 Å². The van der Waals surface area contributed by atoms with Crippen molar-refractivity contribution in [3.63, 3.8) is 0 Å². The summed E-state index contributed by atoms with van der Waals surface area (Å²) in [5.74, 6) is 1.12. The third-order valence-corrected chi connectivity index (χ3v) is 6.69. The summed E-state index contributed by atoms with van der Waals surface area (Å²) >= 11 is 1.59. The van der Waals surface area contributed by atoms with Crippen molar-refractivity contribution in [1.29, 1.82) is 0 Å². The number of rotatable bonds is 6. The van der Waals surface area contributed by atoms with Crippen LogP contribution in [0.5, 0.6) is 5.75 Å². The molecule has 1 aliphatic heterocycles. The highest BCUT2D eigenvalue weighted by atomic mass is 35.5. The van der Waals surface area contributed by atoms with Gasteiger partial charge in [-0.2, -0.15) is 0 Å². The summed E-state index contributed by atoms with van der Waals surface area (Å²) in [4.78, 5) is 15.6. The molecule has 1 amide bonds. The number of thioether (sulfide) groups is 1. The minimum atomic E-state index is -0.193. The Hall–Kier alpha value is -1.95. The van der Waals surface area contributed by atoms with Gasteiger partial charge in [-0.3, -0.25) is 4.79 Å². The fourth-order valence-corrected chi connectivity index (χ4v) is 4.78. The van der Waals surface area contributed by atoms with E-state index in [1.165, 1.54) is 5.56 Å². The van der Waals surface area contributed by atoms with E-state index in [4.69, 9.17) is 0 Å². The van der Waals surface area contributed by atoms with E-state index in [1.54, 1.807) is 11.8 Å². The van der Waals surface area contributed by atoms with E-state index in [9.17, 15) is 9.90 Å². The number of phenols is 1. The average Bonchev–Trinajstić information content (AvgIpc) is 3.05. The topological polar surface area (TPSA) is 52.6 Å². The zero-order chi connectivity index (χ0) is 23.5. The molecule has 1 saturated heterocycles. The minimum Gasteiger partial charge on any atom is -0.507 e. The van der Waals surface area contributed by atoms with Crippen LogP contribution in [-0.4, -0.2) is 34.9 Å². The number of phenolic OH excluding ortho intramolecular Hbond substituents is 1. The number of hydrogen-bond acceptors (Lipinski definition) is 4. The highest BCUT2D eigenvalue weighted by Crippen LogP contribution is 2.41. The molecule has 2 N–H and O–H groups in total. The number of hydrogen-bond donors (Lipinski definition) is 2. The number of aromatic hydroxyl groups is 1. The van der Waals surface area contributed by atoms with Gasteiger partial charge in [0.05, 0.1) is 10.8 Å². The largest absolute Gasteiger partial charge is 0.507 e. The van der Waals surface area contributed by atoms with Crippen LogP contribution in [0.3, 0.4) is 0 Å². The Kier molecular flexibility index (Phi) is 9.09. The third-order valence-electron chi connectivity index (χ3n) is 5.65. The number of halogens is 1. The number of carbonyl (C=O) groups excluding carboxylic acids is 1. The first-order chi connectivity index (χ1) is 15.0. The Balaban J connectivity index is 0.00000385. The Morgan fingerprint density at radius 3 is 2.15 bits per heavy atom. The molecule has 0 aliphatic carbocycles. The molecule has 1 heterocycles. The normalized spacial score (nSPS) is 15.8. The van der Waals surface area contributed by atoms with Crippen molar-refractivity contribution in [2.45, 2.75) is 58.9 Å². The van der Waals surface area contributed by atoms with E-state index < -0.39 is 0 Å². The van der Waals surface area contributed by atoms with Crippen LogP contribution in [0.15, 0.2) is 47.4 Å². The lowest BCUT2D eigenvalue weighted by Gasteiger charge is -2.28. The average molecular weight is 489 g/mol. The summed E-state index contributed by atoms with van der Waals surface area (Å²) in [5.41, 5.74) is 3.65. The van der Waals surface area contributed by atoms with Crippen LogP contribution < -0.4 is 5.32 Å². The van der Waals surface area contributed by atoms with E-state index in [0.29, 0.717) is 18.2 Å². The fraction of sp³-hybridized carbons (Fsp3) is 0.444. The number of amides is 1. The van der Waals surface area contributed by atoms with Gasteiger partial charge in [0.25, 0.3) is 5.91 Å². The van der Waals surface area contributed by atoms with Crippen LogP contribution in [-0.2, 0) is 22.2 Å². The van der Waals surface area contributed by atoms with Gasteiger partial charge in [-0.05, 0) is 40.2 Å². The quantitative estimate of drug-likeness (QED) is 0.382. The molecule has 6 heteroatoms. The minimum absolute atomic E-state index is 0. The first kappa shape index (κ1) is 27.3. The highest BCUT2D eigenvalue weighted by molar-refractivity contribution is 8.04. The maximum atomic E-state index is 13.0. The number of benzene rings is 2. The monoisotopic (exact) mass is 488 g/mol. The van der Waals surface area contributed by atoms with Gasteiger partial charge in [-0.1, -0.05) is 83.6 Å². The third kappa shape index (κ3) is 7.02. The van der Waals surface area contributed by atoms with Crippen molar-refractivity contribution in [1.82, 2.24) is 10.2 Å². The van der Waals surface area contributed by atoms with E-state index in [1.807, 2.05) is 41.3 Å². The molecule has 0 radical (unpaired) electrons. The summed E-state index contributed by atoms with van der Waals surface area (Å²) in [6.45, 7) is 14.9. The van der Waals surface area contributed by atoms with Crippen LogP contribution in [0, 0.1) is 0 Å². The second-order valence-corrected chi connectivity index (χ2v) is 11.5. The molecule has 2 aromatic rings. The standard InChI is InChI=1S/C27H36N2O2S.ClH/c1-26(2,3)21-14-20(15-22(24(21)30)27(4,5)6)16-23-25(31)29(18-32-23)13-12-28-17-19-10-8-7-9-11-19;/h7-11,14-16,28,30H,12-13,17-18H2,1-6H3;1H. The van der Waals surface area contributed by atoms with E-state index in [0.717, 1.165) is 34.7 Å². The maximum Gasteiger partial charge on any atom is 0.261 e. The van der Waals surface area contributed by atoms with Gasteiger partial charge in [0.2, 0.25) is 0 Å². The van der Waals surface area contributed by atoms with Crippen LogP contribution in [0.2, 0.25) is 0 Å².